The molecule has 0 spiro atoms. The Kier molecular flexibility index (Phi) is 56.9. The standard InChI is InChI=1S/C67H110O6/c1-4-7-10-13-16-19-22-25-28-31-33-36-39-42-45-48-51-54-57-60-66(69)72-63-64(62-71-65(68)59-56-53-50-47-44-41-38-35-30-27-24-21-18-15-12-9-6-3)73-67(70)61-58-55-52-49-46-43-40-37-34-32-29-26-23-20-17-14-11-8-5-2/h9,12,16-21,25-30,33,36,38,41-42,45,64H,4-8,10-11,13-15,22-24,31-32,34-35,37,39-40,43-44,46-63H2,1-3H3/b12-9-,19-16-,20-17-,21-18-,28-25-,29-26-,30-27-,36-33-,41-38-,45-42-/t64-/m1/s1. The van der Waals surface area contributed by atoms with Crippen LogP contribution in [-0.2, 0) is 28.6 Å². The van der Waals surface area contributed by atoms with Gasteiger partial charge in [0.1, 0.15) is 13.2 Å². The van der Waals surface area contributed by atoms with E-state index in [0.717, 1.165) is 128 Å². The molecule has 0 aromatic rings. The van der Waals surface area contributed by atoms with E-state index in [4.69, 9.17) is 14.2 Å². The number of hydrogen-bond acceptors (Lipinski definition) is 6. The second-order valence-corrected chi connectivity index (χ2v) is 19.5. The SMILES string of the molecule is CC/C=C\C/C=C\C/C=C\C/C=C\CCCCCCC(=O)OC[C@H](COC(=O)CCCCC/C=C\C/C=C\C/C=C\C/C=C\CCCCC)OC(=O)CCCCCCCCCCC/C=C\C/C=C\CCCCC. The van der Waals surface area contributed by atoms with Gasteiger partial charge in [-0.05, 0) is 135 Å². The first kappa shape index (κ1) is 68.8. The quantitative estimate of drug-likeness (QED) is 0.0261. The van der Waals surface area contributed by atoms with Gasteiger partial charge in [0.05, 0.1) is 0 Å². The molecule has 0 bridgehead atoms. The van der Waals surface area contributed by atoms with Crippen LogP contribution < -0.4 is 0 Å². The lowest BCUT2D eigenvalue weighted by atomic mass is 10.1. The van der Waals surface area contributed by atoms with Crippen molar-refractivity contribution in [3.8, 4) is 0 Å². The Morgan fingerprint density at radius 1 is 0.288 bits per heavy atom. The van der Waals surface area contributed by atoms with Gasteiger partial charge in [0, 0.05) is 19.3 Å². The van der Waals surface area contributed by atoms with E-state index in [1.165, 1.54) is 96.3 Å². The topological polar surface area (TPSA) is 78.9 Å². The molecule has 0 aliphatic heterocycles. The molecular formula is C67H110O6. The summed E-state index contributed by atoms with van der Waals surface area (Å²) in [5, 5.41) is 0. The van der Waals surface area contributed by atoms with E-state index in [1.807, 2.05) is 0 Å². The van der Waals surface area contributed by atoms with Gasteiger partial charge in [0.25, 0.3) is 0 Å². The van der Waals surface area contributed by atoms with Gasteiger partial charge in [0.2, 0.25) is 0 Å². The van der Waals surface area contributed by atoms with Crippen LogP contribution in [0, 0.1) is 0 Å². The third kappa shape index (κ3) is 58.6. The molecule has 0 radical (unpaired) electrons. The summed E-state index contributed by atoms with van der Waals surface area (Å²) in [5.41, 5.74) is 0. The normalized spacial score (nSPS) is 13.0. The van der Waals surface area contributed by atoms with Crippen LogP contribution in [0.3, 0.4) is 0 Å². The highest BCUT2D eigenvalue weighted by molar-refractivity contribution is 5.71. The van der Waals surface area contributed by atoms with Crippen molar-refractivity contribution in [2.24, 2.45) is 0 Å². The molecule has 0 N–H and O–H groups in total. The second-order valence-electron chi connectivity index (χ2n) is 19.5. The average molecular weight is 1010 g/mol. The zero-order valence-electron chi connectivity index (χ0n) is 47.4. The Balaban J connectivity index is 4.51. The van der Waals surface area contributed by atoms with Crippen molar-refractivity contribution < 1.29 is 28.6 Å². The summed E-state index contributed by atoms with van der Waals surface area (Å²) in [6.45, 7) is 6.43. The van der Waals surface area contributed by atoms with E-state index in [-0.39, 0.29) is 31.1 Å². The number of rotatable bonds is 53. The van der Waals surface area contributed by atoms with Gasteiger partial charge in [-0.2, -0.15) is 0 Å². The predicted molar refractivity (Wildman–Crippen MR) is 316 cm³/mol. The molecule has 0 aromatic carbocycles. The van der Waals surface area contributed by atoms with E-state index in [2.05, 4.69) is 142 Å². The van der Waals surface area contributed by atoms with Crippen LogP contribution in [0.15, 0.2) is 122 Å². The van der Waals surface area contributed by atoms with Gasteiger partial charge >= 0.3 is 17.9 Å². The van der Waals surface area contributed by atoms with Crippen molar-refractivity contribution in [2.45, 2.75) is 271 Å². The molecule has 0 heterocycles. The molecule has 0 fully saturated rings. The van der Waals surface area contributed by atoms with Crippen LogP contribution in [0.25, 0.3) is 0 Å². The zero-order valence-corrected chi connectivity index (χ0v) is 47.4. The zero-order chi connectivity index (χ0) is 52.9. The highest BCUT2D eigenvalue weighted by Crippen LogP contribution is 2.14. The third-order valence-corrected chi connectivity index (χ3v) is 12.4. The second kappa shape index (κ2) is 60.4. The minimum absolute atomic E-state index is 0.106. The fraction of sp³-hybridized carbons (Fsp3) is 0.657. The predicted octanol–water partition coefficient (Wildman–Crippen LogP) is 20.4. The van der Waals surface area contributed by atoms with E-state index < -0.39 is 6.10 Å². The van der Waals surface area contributed by atoms with Crippen LogP contribution in [0.5, 0.6) is 0 Å². The lowest BCUT2D eigenvalue weighted by molar-refractivity contribution is -0.167. The lowest BCUT2D eigenvalue weighted by Crippen LogP contribution is -2.30. The van der Waals surface area contributed by atoms with Crippen molar-refractivity contribution in [1.82, 2.24) is 0 Å². The molecule has 0 saturated heterocycles. The number of unbranched alkanes of at least 4 members (excludes halogenated alkanes) is 22. The summed E-state index contributed by atoms with van der Waals surface area (Å²) in [5.74, 6) is -0.961. The van der Waals surface area contributed by atoms with Crippen molar-refractivity contribution >= 4 is 17.9 Å². The van der Waals surface area contributed by atoms with Crippen LogP contribution in [-0.4, -0.2) is 37.2 Å². The number of allylic oxidation sites excluding steroid dienone is 20. The minimum atomic E-state index is -0.809. The minimum Gasteiger partial charge on any atom is -0.462 e. The average Bonchev–Trinajstić information content (AvgIpc) is 3.39. The number of hydrogen-bond donors (Lipinski definition) is 0. The van der Waals surface area contributed by atoms with Crippen molar-refractivity contribution in [3.05, 3.63) is 122 Å². The molecule has 0 unspecified atom stereocenters. The highest BCUT2D eigenvalue weighted by atomic mass is 16.6. The molecule has 73 heavy (non-hydrogen) atoms. The summed E-state index contributed by atoms with van der Waals surface area (Å²) in [7, 11) is 0. The van der Waals surface area contributed by atoms with Gasteiger partial charge in [-0.15, -0.1) is 0 Å². The molecule has 0 amide bonds. The maximum absolute atomic E-state index is 12.9. The molecule has 414 valence electrons. The molecule has 1 atom stereocenters. The number of esters is 3. The Hall–Kier alpha value is -4.19. The smallest absolute Gasteiger partial charge is 0.306 e. The van der Waals surface area contributed by atoms with Crippen LogP contribution in [0.2, 0.25) is 0 Å². The van der Waals surface area contributed by atoms with E-state index in [1.54, 1.807) is 0 Å². The third-order valence-electron chi connectivity index (χ3n) is 12.4. The number of carbonyl (C=O) groups is 3. The Bertz CT molecular complexity index is 1540. The number of ether oxygens (including phenoxy) is 3. The first-order valence-electron chi connectivity index (χ1n) is 30.0. The van der Waals surface area contributed by atoms with E-state index in [9.17, 15) is 14.4 Å². The summed E-state index contributed by atoms with van der Waals surface area (Å²) < 4.78 is 16.9. The fourth-order valence-corrected chi connectivity index (χ4v) is 7.92. The molecule has 6 heteroatoms. The van der Waals surface area contributed by atoms with Gasteiger partial charge in [-0.3, -0.25) is 14.4 Å². The largest absolute Gasteiger partial charge is 0.462 e. The van der Waals surface area contributed by atoms with Gasteiger partial charge < -0.3 is 14.2 Å². The van der Waals surface area contributed by atoms with Crippen LogP contribution >= 0.6 is 0 Å². The van der Waals surface area contributed by atoms with Crippen LogP contribution in [0.1, 0.15) is 265 Å². The Morgan fingerprint density at radius 2 is 0.534 bits per heavy atom. The maximum Gasteiger partial charge on any atom is 0.306 e. The molecule has 6 nitrogen and oxygen atoms in total. The molecule has 0 aromatic heterocycles. The van der Waals surface area contributed by atoms with Gasteiger partial charge in [-0.1, -0.05) is 232 Å². The summed E-state index contributed by atoms with van der Waals surface area (Å²) >= 11 is 0. The van der Waals surface area contributed by atoms with E-state index in [0.29, 0.717) is 19.3 Å². The van der Waals surface area contributed by atoms with Crippen molar-refractivity contribution in [2.75, 3.05) is 13.2 Å². The first-order valence-corrected chi connectivity index (χ1v) is 30.0. The monoisotopic (exact) mass is 1010 g/mol. The van der Waals surface area contributed by atoms with Crippen molar-refractivity contribution in [3.63, 3.8) is 0 Å². The Labute approximate surface area is 450 Å². The van der Waals surface area contributed by atoms with Gasteiger partial charge in [0.15, 0.2) is 6.10 Å². The van der Waals surface area contributed by atoms with Crippen LogP contribution in [0.4, 0.5) is 0 Å². The lowest BCUT2D eigenvalue weighted by Gasteiger charge is -2.18. The summed E-state index contributed by atoms with van der Waals surface area (Å²) in [4.78, 5) is 38.3. The first-order chi connectivity index (χ1) is 36.0. The number of carbonyl (C=O) groups excluding carboxylic acids is 3. The van der Waals surface area contributed by atoms with Gasteiger partial charge in [-0.25, -0.2) is 0 Å². The summed E-state index contributed by atoms with van der Waals surface area (Å²) in [6.07, 6.45) is 83.3. The van der Waals surface area contributed by atoms with Crippen molar-refractivity contribution in [1.29, 1.82) is 0 Å². The maximum atomic E-state index is 12.9. The Morgan fingerprint density at radius 3 is 0.849 bits per heavy atom. The molecule has 0 saturated carbocycles. The molecule has 0 rings (SSSR count). The van der Waals surface area contributed by atoms with E-state index >= 15 is 0 Å². The highest BCUT2D eigenvalue weighted by Gasteiger charge is 2.19. The molecule has 0 aliphatic rings. The summed E-state index contributed by atoms with van der Waals surface area (Å²) in [6, 6.07) is 0. The fourth-order valence-electron chi connectivity index (χ4n) is 7.92. The molecular weight excluding hydrogens is 901 g/mol. The molecule has 0 aliphatic carbocycles.